The summed E-state index contributed by atoms with van der Waals surface area (Å²) in [6, 6.07) is 8.27. The molecular formula is C10H11NOSi. The molecule has 0 bridgehead atoms. The zero-order valence-electron chi connectivity index (χ0n) is 7.29. The van der Waals surface area contributed by atoms with Gasteiger partial charge in [0.2, 0.25) is 5.91 Å². The third-order valence-electron chi connectivity index (χ3n) is 2.30. The van der Waals surface area contributed by atoms with Gasteiger partial charge in [0.1, 0.15) is 0 Å². The molecule has 1 aliphatic heterocycles. The molecule has 0 radical (unpaired) electrons. The van der Waals surface area contributed by atoms with Gasteiger partial charge in [-0.1, -0.05) is 35.2 Å². The quantitative estimate of drug-likeness (QED) is 0.638. The summed E-state index contributed by atoms with van der Waals surface area (Å²) >= 11 is 0. The van der Waals surface area contributed by atoms with Gasteiger partial charge in [0, 0.05) is 0 Å². The largest absolute Gasteiger partial charge is 0.369 e. The number of benzene rings is 1. The predicted octanol–water partition coefficient (Wildman–Crippen LogP) is -0.289. The zero-order chi connectivity index (χ0) is 9.26. The van der Waals surface area contributed by atoms with Crippen LogP contribution in [0.2, 0.25) is 0 Å². The van der Waals surface area contributed by atoms with E-state index in [0.29, 0.717) is 6.42 Å². The van der Waals surface area contributed by atoms with Gasteiger partial charge in [0.05, 0.1) is 15.9 Å². The molecule has 1 amide bonds. The fourth-order valence-electron chi connectivity index (χ4n) is 1.71. The minimum Gasteiger partial charge on any atom is -0.369 e. The van der Waals surface area contributed by atoms with E-state index < -0.39 is 0 Å². The topological polar surface area (TPSA) is 43.1 Å². The summed E-state index contributed by atoms with van der Waals surface area (Å²) in [5.74, 6) is -0.239. The van der Waals surface area contributed by atoms with Crippen molar-refractivity contribution in [1.82, 2.24) is 0 Å². The summed E-state index contributed by atoms with van der Waals surface area (Å²) < 4.78 is 0. The molecule has 0 saturated carbocycles. The van der Waals surface area contributed by atoms with E-state index in [2.05, 4.69) is 17.8 Å². The van der Waals surface area contributed by atoms with E-state index in [1.54, 1.807) is 0 Å². The number of hydrogen-bond donors (Lipinski definition) is 1. The number of amides is 1. The van der Waals surface area contributed by atoms with Crippen LogP contribution in [0.4, 0.5) is 0 Å². The van der Waals surface area contributed by atoms with E-state index in [1.165, 1.54) is 10.8 Å². The van der Waals surface area contributed by atoms with Crippen LogP contribution in [0.5, 0.6) is 0 Å². The summed E-state index contributed by atoms with van der Waals surface area (Å²) in [5, 5.41) is 1.43. The van der Waals surface area contributed by atoms with E-state index in [1.807, 2.05) is 12.1 Å². The molecule has 0 aromatic heterocycles. The van der Waals surface area contributed by atoms with E-state index in [9.17, 15) is 4.79 Å². The molecule has 1 aromatic carbocycles. The SMILES string of the molecule is NC(=O)CC1=C[SiH2]c2ccccc21. The minimum absolute atomic E-state index is 0.239. The number of primary amides is 1. The first kappa shape index (κ1) is 8.25. The highest BCUT2D eigenvalue weighted by Crippen LogP contribution is 2.19. The van der Waals surface area contributed by atoms with Crippen molar-refractivity contribution in [2.75, 3.05) is 0 Å². The molecule has 1 aromatic rings. The smallest absolute Gasteiger partial charge is 0.221 e. The van der Waals surface area contributed by atoms with Crippen LogP contribution in [-0.4, -0.2) is 15.4 Å². The number of carbonyl (C=O) groups is 1. The normalized spacial score (nSPS) is 15.5. The zero-order valence-corrected chi connectivity index (χ0v) is 8.70. The van der Waals surface area contributed by atoms with Gasteiger partial charge < -0.3 is 5.73 Å². The van der Waals surface area contributed by atoms with Crippen LogP contribution >= 0.6 is 0 Å². The number of rotatable bonds is 2. The van der Waals surface area contributed by atoms with Crippen molar-refractivity contribution < 1.29 is 4.79 Å². The van der Waals surface area contributed by atoms with Crippen LogP contribution < -0.4 is 10.9 Å². The lowest BCUT2D eigenvalue weighted by Gasteiger charge is -2.02. The van der Waals surface area contributed by atoms with E-state index in [0.717, 1.165) is 5.57 Å². The lowest BCUT2D eigenvalue weighted by atomic mass is 10.0. The van der Waals surface area contributed by atoms with E-state index >= 15 is 0 Å². The number of carbonyl (C=O) groups excluding carboxylic acids is 1. The Morgan fingerprint density at radius 1 is 1.38 bits per heavy atom. The van der Waals surface area contributed by atoms with Crippen LogP contribution in [-0.2, 0) is 4.79 Å². The summed E-state index contributed by atoms with van der Waals surface area (Å²) in [6.07, 6.45) is 0.393. The maximum absolute atomic E-state index is 10.8. The Hall–Kier alpha value is -1.35. The molecule has 0 spiro atoms. The maximum Gasteiger partial charge on any atom is 0.221 e. The van der Waals surface area contributed by atoms with Gasteiger partial charge in [-0.15, -0.1) is 0 Å². The van der Waals surface area contributed by atoms with Crippen molar-refractivity contribution in [3.8, 4) is 0 Å². The van der Waals surface area contributed by atoms with Crippen molar-refractivity contribution in [3.05, 3.63) is 35.5 Å². The van der Waals surface area contributed by atoms with Gasteiger partial charge in [-0.2, -0.15) is 0 Å². The van der Waals surface area contributed by atoms with Gasteiger partial charge in [0.25, 0.3) is 0 Å². The van der Waals surface area contributed by atoms with E-state index in [4.69, 9.17) is 5.73 Å². The fraction of sp³-hybridized carbons (Fsp3) is 0.100. The molecule has 13 heavy (non-hydrogen) atoms. The second-order valence-corrected chi connectivity index (χ2v) is 4.81. The molecule has 0 fully saturated rings. The van der Waals surface area contributed by atoms with Crippen molar-refractivity contribution in [2.24, 2.45) is 5.73 Å². The molecule has 2 rings (SSSR count). The van der Waals surface area contributed by atoms with E-state index in [-0.39, 0.29) is 15.4 Å². The lowest BCUT2D eigenvalue weighted by molar-refractivity contribution is -0.117. The van der Waals surface area contributed by atoms with Crippen LogP contribution in [0.25, 0.3) is 5.57 Å². The Morgan fingerprint density at radius 3 is 2.92 bits per heavy atom. The average Bonchev–Trinajstić information content (AvgIpc) is 2.48. The summed E-state index contributed by atoms with van der Waals surface area (Å²) in [6.45, 7) is 0. The van der Waals surface area contributed by atoms with Gasteiger partial charge in [-0.05, 0) is 11.1 Å². The van der Waals surface area contributed by atoms with Crippen molar-refractivity contribution in [3.63, 3.8) is 0 Å². The molecule has 1 heterocycles. The van der Waals surface area contributed by atoms with Crippen LogP contribution in [0, 0.1) is 0 Å². The molecule has 3 heteroatoms. The van der Waals surface area contributed by atoms with Gasteiger partial charge in [-0.3, -0.25) is 4.79 Å². The van der Waals surface area contributed by atoms with Crippen molar-refractivity contribution in [1.29, 1.82) is 0 Å². The summed E-state index contributed by atoms with van der Waals surface area (Å²) in [5.41, 5.74) is 9.76. The third kappa shape index (κ3) is 1.55. The Bertz CT molecular complexity index is 384. The molecule has 0 unspecified atom stereocenters. The second kappa shape index (κ2) is 3.18. The molecule has 0 saturated heterocycles. The van der Waals surface area contributed by atoms with Gasteiger partial charge >= 0.3 is 0 Å². The van der Waals surface area contributed by atoms with Crippen LogP contribution in [0.1, 0.15) is 12.0 Å². The highest BCUT2D eigenvalue weighted by molar-refractivity contribution is 6.63. The number of hydrogen-bond acceptors (Lipinski definition) is 1. The average molecular weight is 189 g/mol. The van der Waals surface area contributed by atoms with Crippen molar-refractivity contribution in [2.45, 2.75) is 6.42 Å². The second-order valence-electron chi connectivity index (χ2n) is 3.23. The highest BCUT2D eigenvalue weighted by Gasteiger charge is 2.14. The maximum atomic E-state index is 10.8. The first-order valence-corrected chi connectivity index (χ1v) is 5.85. The monoisotopic (exact) mass is 189 g/mol. The summed E-state index contributed by atoms with van der Waals surface area (Å²) in [7, 11) is -0.269. The Kier molecular flexibility index (Phi) is 2.02. The fourth-order valence-corrected chi connectivity index (χ4v) is 3.38. The Balaban J connectivity index is 2.31. The number of nitrogens with two attached hydrogens (primary N) is 1. The van der Waals surface area contributed by atoms with Crippen molar-refractivity contribution >= 4 is 26.2 Å². The molecule has 2 nitrogen and oxygen atoms in total. The van der Waals surface area contributed by atoms with Gasteiger partial charge in [-0.25, -0.2) is 0 Å². The molecule has 66 valence electrons. The van der Waals surface area contributed by atoms with Gasteiger partial charge in [0.15, 0.2) is 0 Å². The first-order chi connectivity index (χ1) is 6.27. The molecular weight excluding hydrogens is 178 g/mol. The molecule has 2 N–H and O–H groups in total. The van der Waals surface area contributed by atoms with Crippen LogP contribution in [0.15, 0.2) is 30.0 Å². The third-order valence-corrected chi connectivity index (χ3v) is 4.05. The standard InChI is InChI=1S/C10H11NOSi/c11-10(12)5-7-6-13-9-4-2-1-3-8(7)9/h1-4,6H,5,13H2,(H2,11,12). The summed E-state index contributed by atoms with van der Waals surface area (Å²) in [4.78, 5) is 10.8. The first-order valence-electron chi connectivity index (χ1n) is 4.33. The Morgan fingerprint density at radius 2 is 2.15 bits per heavy atom. The predicted molar refractivity (Wildman–Crippen MR) is 56.4 cm³/mol. The molecule has 1 aliphatic rings. The minimum atomic E-state index is -0.269. The highest BCUT2D eigenvalue weighted by atomic mass is 28.2. The number of fused-ring (bicyclic) bond motifs is 1. The lowest BCUT2D eigenvalue weighted by Crippen LogP contribution is -2.13. The molecule has 0 atom stereocenters. The molecule has 0 aliphatic carbocycles. The van der Waals surface area contributed by atoms with Crippen LogP contribution in [0.3, 0.4) is 0 Å². The Labute approximate surface area is 79.3 Å².